The average molecular weight is 962 g/mol. The van der Waals surface area contributed by atoms with Gasteiger partial charge in [0.1, 0.15) is 23.7 Å². The molecule has 11 rings (SSSR count). The molecule has 15 heteroatoms. The molecule has 2 aliphatic carbocycles. The molecule has 5 aromatic rings. The van der Waals surface area contributed by atoms with E-state index in [-0.39, 0.29) is 59.9 Å². The molecule has 3 saturated heterocycles. The third-order valence-electron chi connectivity index (χ3n) is 17.1. The number of methoxy groups -OCH3 is 2. The van der Waals surface area contributed by atoms with Crippen molar-refractivity contribution in [1.29, 1.82) is 0 Å². The molecule has 0 radical (unpaired) electrons. The second-order valence-corrected chi connectivity index (χ2v) is 21.5. The Morgan fingerprint density at radius 3 is 1.38 bits per heavy atom. The lowest BCUT2D eigenvalue weighted by atomic mass is 9.86. The van der Waals surface area contributed by atoms with Gasteiger partial charge < -0.3 is 45.2 Å². The van der Waals surface area contributed by atoms with Gasteiger partial charge >= 0.3 is 12.2 Å². The topological polar surface area (TPSA) is 187 Å². The summed E-state index contributed by atoms with van der Waals surface area (Å²) < 4.78 is 9.78. The number of aromatic nitrogens is 4. The van der Waals surface area contributed by atoms with Crippen molar-refractivity contribution in [3.05, 3.63) is 95.8 Å². The van der Waals surface area contributed by atoms with Gasteiger partial charge in [0.25, 0.3) is 0 Å². The minimum absolute atomic E-state index is 0.0486. The molecule has 2 bridgehead atoms. The molecular formula is C56H67N9O6. The van der Waals surface area contributed by atoms with E-state index < -0.39 is 24.3 Å². The fourth-order valence-corrected chi connectivity index (χ4v) is 12.6. The highest BCUT2D eigenvalue weighted by atomic mass is 16.5. The Bertz CT molecular complexity index is 2650. The first-order valence-corrected chi connectivity index (χ1v) is 25.9. The van der Waals surface area contributed by atoms with Crippen molar-refractivity contribution in [2.24, 2.45) is 29.6 Å². The number of carbonyl (C=O) groups excluding carboxylic acids is 4. The largest absolute Gasteiger partial charge is 0.453 e. The number of carbonyl (C=O) groups is 4. The Morgan fingerprint density at radius 1 is 0.606 bits per heavy atom. The molecule has 12 atom stereocenters. The number of ether oxygens (including phenoxy) is 2. The number of nitrogens with zero attached hydrogens (tertiary/aromatic N) is 4. The van der Waals surface area contributed by atoms with Crippen LogP contribution < -0.4 is 16.0 Å². The summed E-state index contributed by atoms with van der Waals surface area (Å²) in [6.45, 7) is 10.4. The van der Waals surface area contributed by atoms with Crippen molar-refractivity contribution < 1.29 is 28.7 Å². The van der Waals surface area contributed by atoms with E-state index in [1.165, 1.54) is 47.6 Å². The smallest absolute Gasteiger partial charge is 0.407 e. The summed E-state index contributed by atoms with van der Waals surface area (Å²) in [5, 5.41) is 9.63. The first kappa shape index (κ1) is 46.9. The van der Waals surface area contributed by atoms with Gasteiger partial charge in [0.2, 0.25) is 11.8 Å². The number of amides is 4. The van der Waals surface area contributed by atoms with Crippen molar-refractivity contribution in [2.75, 3.05) is 14.2 Å². The molecule has 2 aromatic heterocycles. The minimum Gasteiger partial charge on any atom is -0.453 e. The van der Waals surface area contributed by atoms with Gasteiger partial charge in [0.05, 0.1) is 50.1 Å². The highest BCUT2D eigenvalue weighted by molar-refractivity contribution is 5.88. The summed E-state index contributed by atoms with van der Waals surface area (Å²) in [6, 6.07) is 21.3. The molecule has 2 saturated carbocycles. The van der Waals surface area contributed by atoms with E-state index in [4.69, 9.17) is 19.4 Å². The van der Waals surface area contributed by atoms with Crippen molar-refractivity contribution in [3.8, 4) is 44.8 Å². The van der Waals surface area contributed by atoms with Crippen LogP contribution in [0.15, 0.2) is 73.1 Å². The Balaban J connectivity index is 0.821. The van der Waals surface area contributed by atoms with E-state index in [2.05, 4.69) is 93.5 Å². The molecule has 0 spiro atoms. The summed E-state index contributed by atoms with van der Waals surface area (Å²) >= 11 is 0. The zero-order chi connectivity index (χ0) is 49.4. The summed E-state index contributed by atoms with van der Waals surface area (Å²) in [6.07, 6.45) is 9.88. The van der Waals surface area contributed by atoms with E-state index in [0.29, 0.717) is 17.8 Å². The number of imidazole rings is 2. The van der Waals surface area contributed by atoms with E-state index in [1.54, 1.807) is 0 Å². The molecule has 372 valence electrons. The highest BCUT2D eigenvalue weighted by Gasteiger charge is 2.57. The zero-order valence-corrected chi connectivity index (χ0v) is 41.8. The van der Waals surface area contributed by atoms with Crippen molar-refractivity contribution in [1.82, 2.24) is 45.7 Å². The second kappa shape index (κ2) is 18.6. The van der Waals surface area contributed by atoms with Crippen LogP contribution in [0.5, 0.6) is 0 Å². The van der Waals surface area contributed by atoms with Crippen LogP contribution in [0.25, 0.3) is 44.8 Å². The van der Waals surface area contributed by atoms with E-state index >= 15 is 0 Å². The lowest BCUT2D eigenvalue weighted by Gasteiger charge is -2.32. The number of nitrogens with one attached hydrogen (secondary N) is 5. The second-order valence-electron chi connectivity index (χ2n) is 21.5. The van der Waals surface area contributed by atoms with Gasteiger partial charge in [-0.1, -0.05) is 108 Å². The van der Waals surface area contributed by atoms with Crippen molar-refractivity contribution in [3.63, 3.8) is 0 Å². The van der Waals surface area contributed by atoms with Gasteiger partial charge in [-0.3, -0.25) is 9.59 Å². The molecule has 3 aromatic carbocycles. The maximum Gasteiger partial charge on any atom is 0.407 e. The molecule has 6 aliphatic rings. The molecule has 71 heavy (non-hydrogen) atoms. The molecule has 8 unspecified atom stereocenters. The monoisotopic (exact) mass is 962 g/mol. The van der Waals surface area contributed by atoms with Crippen LogP contribution in [0.1, 0.15) is 133 Å². The van der Waals surface area contributed by atoms with Crippen LogP contribution in [0.3, 0.4) is 0 Å². The van der Waals surface area contributed by atoms with E-state index in [1.807, 2.05) is 49.9 Å². The quantitative estimate of drug-likeness (QED) is 0.0722. The highest BCUT2D eigenvalue weighted by Crippen LogP contribution is 2.56. The Morgan fingerprint density at radius 2 is 1.00 bits per heavy atom. The number of benzene rings is 3. The van der Waals surface area contributed by atoms with Crippen LogP contribution in [0.2, 0.25) is 0 Å². The van der Waals surface area contributed by atoms with Gasteiger partial charge in [-0.15, -0.1) is 0 Å². The average Bonchev–Trinajstić information content (AvgIpc) is 3.88. The molecular weight excluding hydrogens is 895 g/mol. The van der Waals surface area contributed by atoms with Crippen LogP contribution in [0.4, 0.5) is 9.59 Å². The summed E-state index contributed by atoms with van der Waals surface area (Å²) in [7, 11) is 2.65. The number of rotatable bonds is 14. The number of aromatic amines is 2. The SMILES string of the molecule is CCC(C)[C@H](NC(=O)OC)C(=O)N1C2CC2C[C@H]1c1ncc(-c2ccc(-c3ccc(-c4ccc(-c5cnc([C@@H]6CC7CC7N6C(=O)[C@@H](NC(=O)OC)C(C)CC)[nH]5)cc4)c4c3C3CC(C)CC4N3)cc2)[nH]1. The lowest BCUT2D eigenvalue weighted by molar-refractivity contribution is -0.137. The summed E-state index contributed by atoms with van der Waals surface area (Å²) in [5.41, 5.74) is 11.5. The number of piperidine rings is 3. The van der Waals surface area contributed by atoms with Gasteiger partial charge in [0, 0.05) is 24.2 Å². The van der Waals surface area contributed by atoms with Crippen molar-refractivity contribution in [2.45, 2.75) is 134 Å². The van der Waals surface area contributed by atoms with Gasteiger partial charge in [-0.05, 0) is 113 Å². The number of alkyl carbamates (subject to hydrolysis) is 2. The number of H-pyrrole nitrogens is 2. The first-order valence-electron chi connectivity index (χ1n) is 25.9. The fraction of sp³-hybridized carbons (Fsp3) is 0.500. The van der Waals surface area contributed by atoms with Crippen LogP contribution in [-0.2, 0) is 19.1 Å². The predicted molar refractivity (Wildman–Crippen MR) is 269 cm³/mol. The Kier molecular flexibility index (Phi) is 12.3. The van der Waals surface area contributed by atoms with E-state index in [0.717, 1.165) is 85.5 Å². The summed E-state index contributed by atoms with van der Waals surface area (Å²) in [5.74, 6) is 2.79. The molecule has 4 aliphatic heterocycles. The lowest BCUT2D eigenvalue weighted by Crippen LogP contribution is -2.52. The molecule has 15 nitrogen and oxygen atoms in total. The number of hydrogen-bond donors (Lipinski definition) is 5. The van der Waals surface area contributed by atoms with Crippen LogP contribution in [-0.4, -0.2) is 92.1 Å². The van der Waals surface area contributed by atoms with Crippen molar-refractivity contribution >= 4 is 24.0 Å². The van der Waals surface area contributed by atoms with Gasteiger partial charge in [0.15, 0.2) is 0 Å². The minimum atomic E-state index is -0.665. The molecule has 6 heterocycles. The van der Waals surface area contributed by atoms with Crippen LogP contribution in [0, 0.1) is 29.6 Å². The zero-order valence-electron chi connectivity index (χ0n) is 41.8. The third-order valence-corrected chi connectivity index (χ3v) is 17.1. The maximum atomic E-state index is 14.1. The standard InChI is InChI=1S/C56H67N9O6/c1-8-29(4)49(62-55(68)70-6)53(66)64-43-22-35(43)24-45(64)51-57-26-41(60-51)33-14-10-31(11-15-33)37-18-19-38(48-40-21-28(3)20-39(59-40)47(37)48)32-12-16-34(17-13-32)42-27-58-52(61-42)46-25-36-23-44(36)65(46)54(67)50(30(5)9-2)63-56(69)71-7/h10-19,26-30,35-36,39-40,43-46,49-50,59H,8-9,20-25H2,1-7H3,(H,57,60)(H,58,61)(H,62,68)(H,63,69)/t28?,29?,30?,35?,36?,39?,40?,43?,44?,45-,46-,49-,50-/m0/s1. The molecule has 5 N–H and O–H groups in total. The first-order chi connectivity index (χ1) is 34.4. The number of fused-ring (bicyclic) bond motifs is 7. The normalized spacial score (nSPS) is 27.2. The summed E-state index contributed by atoms with van der Waals surface area (Å²) in [4.78, 5) is 73.6. The third kappa shape index (κ3) is 8.47. The Labute approximate surface area is 415 Å². The van der Waals surface area contributed by atoms with Crippen LogP contribution >= 0.6 is 0 Å². The number of hydrogen-bond acceptors (Lipinski definition) is 9. The van der Waals surface area contributed by atoms with Gasteiger partial charge in [-0.2, -0.15) is 0 Å². The predicted octanol–water partition coefficient (Wildman–Crippen LogP) is 9.78. The number of likely N-dealkylation sites (tertiary alicyclic amines) is 2. The molecule has 5 fully saturated rings. The molecule has 4 amide bonds. The fourth-order valence-electron chi connectivity index (χ4n) is 12.6. The maximum absolute atomic E-state index is 14.1. The Hall–Kier alpha value is -6.48. The van der Waals surface area contributed by atoms with Gasteiger partial charge in [-0.25, -0.2) is 19.6 Å². The van der Waals surface area contributed by atoms with E-state index in [9.17, 15) is 19.2 Å².